The topological polar surface area (TPSA) is 89.8 Å². The summed E-state index contributed by atoms with van der Waals surface area (Å²) in [5, 5.41) is 11.0. The molecule has 0 spiro atoms. The lowest BCUT2D eigenvalue weighted by atomic mass is 9.99. The number of hydrogen-bond donors (Lipinski definition) is 0. The van der Waals surface area contributed by atoms with E-state index in [0.717, 1.165) is 0 Å². The molecule has 0 bridgehead atoms. The summed E-state index contributed by atoms with van der Waals surface area (Å²) in [6.07, 6.45) is 0. The van der Waals surface area contributed by atoms with Gasteiger partial charge in [0.15, 0.2) is 0 Å². The van der Waals surface area contributed by atoms with E-state index in [1.165, 1.54) is 30.2 Å². The summed E-state index contributed by atoms with van der Waals surface area (Å²) in [6.45, 7) is 2.46. The van der Waals surface area contributed by atoms with Gasteiger partial charge in [0.25, 0.3) is 11.6 Å². The number of hydrogen-bond acceptors (Lipinski definition) is 5. The molecule has 0 aromatic heterocycles. The molecule has 2 rings (SSSR count). The fraction of sp³-hybridized carbons (Fsp3) is 0.429. The Morgan fingerprint density at radius 3 is 2.62 bits per heavy atom. The van der Waals surface area contributed by atoms with Gasteiger partial charge in [0, 0.05) is 19.2 Å². The number of ether oxygens (including phenoxy) is 1. The zero-order chi connectivity index (χ0) is 15.6. The number of esters is 1. The normalized spacial score (nSPS) is 21.1. The largest absolute Gasteiger partial charge is 0.469 e. The summed E-state index contributed by atoms with van der Waals surface area (Å²) < 4.78 is 4.72. The highest BCUT2D eigenvalue weighted by Crippen LogP contribution is 2.27. The number of carbonyl (C=O) groups excluding carboxylic acids is 2. The van der Waals surface area contributed by atoms with Crippen molar-refractivity contribution in [3.63, 3.8) is 0 Å². The molecule has 0 N–H and O–H groups in total. The van der Waals surface area contributed by atoms with Crippen molar-refractivity contribution in [2.24, 2.45) is 11.8 Å². The number of methoxy groups -OCH3 is 1. The smallest absolute Gasteiger partial charge is 0.310 e. The number of nitro groups is 1. The predicted molar refractivity (Wildman–Crippen MR) is 73.7 cm³/mol. The number of amides is 1. The van der Waals surface area contributed by atoms with E-state index >= 15 is 0 Å². The molecule has 1 amide bonds. The van der Waals surface area contributed by atoms with Gasteiger partial charge in [0.05, 0.1) is 18.0 Å². The summed E-state index contributed by atoms with van der Waals surface area (Å²) in [5.41, 5.74) is -0.183. The second kappa shape index (κ2) is 5.90. The first-order chi connectivity index (χ1) is 9.95. The highest BCUT2D eigenvalue weighted by Gasteiger charge is 2.39. The molecule has 1 aliphatic rings. The number of likely N-dealkylation sites (tertiary alicyclic amines) is 1. The average Bonchev–Trinajstić information content (AvgIpc) is 2.87. The zero-order valence-electron chi connectivity index (χ0n) is 11.8. The number of para-hydroxylation sites is 1. The molecule has 1 fully saturated rings. The standard InChI is InChI=1S/C14H16N2O5/c1-9-7-15(8-11(9)14(18)21-2)13(17)10-5-3-4-6-12(10)16(19)20/h3-6,9,11H,7-8H2,1-2H3. The summed E-state index contributed by atoms with van der Waals surface area (Å²) in [6, 6.07) is 5.82. The van der Waals surface area contributed by atoms with E-state index in [4.69, 9.17) is 4.74 Å². The molecule has 0 radical (unpaired) electrons. The minimum Gasteiger partial charge on any atom is -0.469 e. The Balaban J connectivity index is 2.23. The van der Waals surface area contributed by atoms with Crippen LogP contribution in [0.15, 0.2) is 24.3 Å². The van der Waals surface area contributed by atoms with Crippen molar-refractivity contribution in [2.45, 2.75) is 6.92 Å². The SMILES string of the molecule is COC(=O)C1CN(C(=O)c2ccccc2[N+](=O)[O-])CC1C. The Hall–Kier alpha value is -2.44. The van der Waals surface area contributed by atoms with Crippen LogP contribution in [0, 0.1) is 22.0 Å². The van der Waals surface area contributed by atoms with E-state index in [-0.39, 0.29) is 35.6 Å². The minimum atomic E-state index is -0.579. The molecule has 112 valence electrons. The minimum absolute atomic E-state index is 0.0378. The first kappa shape index (κ1) is 15.0. The van der Waals surface area contributed by atoms with Crippen LogP contribution in [-0.4, -0.2) is 41.9 Å². The lowest BCUT2D eigenvalue weighted by Gasteiger charge is -2.16. The van der Waals surface area contributed by atoms with Gasteiger partial charge < -0.3 is 9.64 Å². The third kappa shape index (κ3) is 2.86. The molecule has 21 heavy (non-hydrogen) atoms. The van der Waals surface area contributed by atoms with Crippen LogP contribution in [0.5, 0.6) is 0 Å². The van der Waals surface area contributed by atoms with Crippen molar-refractivity contribution in [1.82, 2.24) is 4.90 Å². The van der Waals surface area contributed by atoms with Crippen LogP contribution in [0.1, 0.15) is 17.3 Å². The van der Waals surface area contributed by atoms with Crippen molar-refractivity contribution in [3.05, 3.63) is 39.9 Å². The highest BCUT2D eigenvalue weighted by atomic mass is 16.6. The first-order valence-electron chi connectivity index (χ1n) is 6.56. The van der Waals surface area contributed by atoms with Gasteiger partial charge in [-0.25, -0.2) is 0 Å². The van der Waals surface area contributed by atoms with Crippen molar-refractivity contribution >= 4 is 17.6 Å². The number of rotatable bonds is 3. The Labute approximate surface area is 121 Å². The van der Waals surface area contributed by atoms with Crippen LogP contribution in [0.2, 0.25) is 0 Å². The van der Waals surface area contributed by atoms with Gasteiger partial charge in [0.1, 0.15) is 5.56 Å². The number of nitro benzene ring substituents is 1. The second-order valence-corrected chi connectivity index (χ2v) is 5.09. The third-order valence-corrected chi connectivity index (χ3v) is 3.73. The average molecular weight is 292 g/mol. The van der Waals surface area contributed by atoms with Crippen LogP contribution < -0.4 is 0 Å². The molecule has 1 saturated heterocycles. The van der Waals surface area contributed by atoms with Crippen LogP contribution in [-0.2, 0) is 9.53 Å². The molecular formula is C14H16N2O5. The van der Waals surface area contributed by atoms with Crippen molar-refractivity contribution in [3.8, 4) is 0 Å². The summed E-state index contributed by atoms with van der Waals surface area (Å²) in [4.78, 5) is 36.0. The molecule has 7 nitrogen and oxygen atoms in total. The van der Waals surface area contributed by atoms with Crippen molar-refractivity contribution in [1.29, 1.82) is 0 Å². The van der Waals surface area contributed by atoms with Crippen molar-refractivity contribution < 1.29 is 19.2 Å². The highest BCUT2D eigenvalue weighted by molar-refractivity contribution is 5.98. The molecule has 1 heterocycles. The van der Waals surface area contributed by atoms with E-state index in [2.05, 4.69) is 0 Å². The van der Waals surface area contributed by atoms with Crippen molar-refractivity contribution in [2.75, 3.05) is 20.2 Å². The molecule has 0 aliphatic carbocycles. The van der Waals surface area contributed by atoms with Gasteiger partial charge in [-0.3, -0.25) is 19.7 Å². The first-order valence-corrected chi connectivity index (χ1v) is 6.56. The number of carbonyl (C=O) groups is 2. The zero-order valence-corrected chi connectivity index (χ0v) is 11.8. The Morgan fingerprint density at radius 1 is 1.33 bits per heavy atom. The summed E-state index contributed by atoms with van der Waals surface area (Å²) in [5.74, 6) is -1.22. The van der Waals surface area contributed by atoms with Gasteiger partial charge in [-0.15, -0.1) is 0 Å². The third-order valence-electron chi connectivity index (χ3n) is 3.73. The second-order valence-electron chi connectivity index (χ2n) is 5.09. The Bertz CT molecular complexity index is 586. The molecule has 2 atom stereocenters. The number of nitrogens with zero attached hydrogens (tertiary/aromatic N) is 2. The van der Waals surface area contributed by atoms with E-state index < -0.39 is 10.8 Å². The lowest BCUT2D eigenvalue weighted by molar-refractivity contribution is -0.385. The lowest BCUT2D eigenvalue weighted by Crippen LogP contribution is -2.30. The molecule has 2 unspecified atom stereocenters. The van der Waals surface area contributed by atoms with E-state index in [1.54, 1.807) is 6.07 Å². The van der Waals surface area contributed by atoms with Crippen LogP contribution in [0.25, 0.3) is 0 Å². The fourth-order valence-electron chi connectivity index (χ4n) is 2.57. The quantitative estimate of drug-likeness (QED) is 0.478. The van der Waals surface area contributed by atoms with Gasteiger partial charge in [0.2, 0.25) is 0 Å². The van der Waals surface area contributed by atoms with E-state index in [0.29, 0.717) is 6.54 Å². The Kier molecular flexibility index (Phi) is 4.21. The van der Waals surface area contributed by atoms with Crippen LogP contribution in [0.3, 0.4) is 0 Å². The monoisotopic (exact) mass is 292 g/mol. The molecule has 1 aromatic carbocycles. The summed E-state index contributed by atoms with van der Waals surface area (Å²) in [7, 11) is 1.31. The maximum absolute atomic E-state index is 12.4. The number of benzene rings is 1. The molecule has 7 heteroatoms. The fourth-order valence-corrected chi connectivity index (χ4v) is 2.57. The van der Waals surface area contributed by atoms with Crippen LogP contribution in [0.4, 0.5) is 5.69 Å². The molecule has 0 saturated carbocycles. The maximum atomic E-state index is 12.4. The van der Waals surface area contributed by atoms with E-state index in [9.17, 15) is 19.7 Å². The predicted octanol–water partition coefficient (Wildman–Crippen LogP) is 1.48. The van der Waals surface area contributed by atoms with Gasteiger partial charge in [-0.05, 0) is 12.0 Å². The molecule has 1 aliphatic heterocycles. The summed E-state index contributed by atoms with van der Waals surface area (Å²) >= 11 is 0. The molecule has 1 aromatic rings. The maximum Gasteiger partial charge on any atom is 0.310 e. The van der Waals surface area contributed by atoms with Crippen LogP contribution >= 0.6 is 0 Å². The van der Waals surface area contributed by atoms with Gasteiger partial charge in [-0.1, -0.05) is 19.1 Å². The van der Waals surface area contributed by atoms with Gasteiger partial charge >= 0.3 is 5.97 Å². The molecular weight excluding hydrogens is 276 g/mol. The van der Waals surface area contributed by atoms with Gasteiger partial charge in [-0.2, -0.15) is 0 Å². The van der Waals surface area contributed by atoms with E-state index in [1.807, 2.05) is 6.92 Å². The Morgan fingerprint density at radius 2 is 2.00 bits per heavy atom.